The number of halogens is 1. The summed E-state index contributed by atoms with van der Waals surface area (Å²) >= 11 is 0. The average molecular weight is 368 g/mol. The predicted octanol–water partition coefficient (Wildman–Crippen LogP) is 1.09. The van der Waals surface area contributed by atoms with Crippen molar-refractivity contribution >= 4 is 35.8 Å². The van der Waals surface area contributed by atoms with Gasteiger partial charge in [0.05, 0.1) is 0 Å². The summed E-state index contributed by atoms with van der Waals surface area (Å²) in [5, 5.41) is 9.35. The second-order valence-corrected chi connectivity index (χ2v) is 4.52. The van der Waals surface area contributed by atoms with E-state index in [-0.39, 0.29) is 35.8 Å². The summed E-state index contributed by atoms with van der Waals surface area (Å²) in [5.74, 6) is 1.27. The predicted molar refractivity (Wildman–Crippen MR) is 85.4 cm³/mol. The van der Waals surface area contributed by atoms with E-state index >= 15 is 0 Å². The number of carbonyl (C=O) groups excluding carboxylic acids is 1. The highest BCUT2D eigenvalue weighted by Crippen LogP contribution is 2.28. The molecule has 5 nitrogen and oxygen atoms in total. The van der Waals surface area contributed by atoms with Crippen molar-refractivity contribution in [2.45, 2.75) is 39.2 Å². The van der Waals surface area contributed by atoms with Crippen molar-refractivity contribution in [3.8, 4) is 0 Å². The van der Waals surface area contributed by atoms with Crippen molar-refractivity contribution in [3.05, 3.63) is 0 Å². The van der Waals surface area contributed by atoms with Gasteiger partial charge in [-0.2, -0.15) is 0 Å². The number of amides is 1. The molecule has 1 atom stereocenters. The molecule has 1 fully saturated rings. The summed E-state index contributed by atoms with van der Waals surface area (Å²) in [7, 11) is 1.75. The molecule has 0 aromatic carbocycles. The number of guanidine groups is 1. The molecule has 0 heterocycles. The van der Waals surface area contributed by atoms with Crippen molar-refractivity contribution in [1.29, 1.82) is 0 Å². The fraction of sp³-hybridized carbons (Fsp3) is 0.833. The molecule has 1 unspecified atom stereocenters. The van der Waals surface area contributed by atoms with Crippen LogP contribution in [0.5, 0.6) is 0 Å². The van der Waals surface area contributed by atoms with Crippen molar-refractivity contribution < 1.29 is 4.79 Å². The largest absolute Gasteiger partial charge is 0.355 e. The molecule has 0 aromatic heterocycles. The van der Waals surface area contributed by atoms with Crippen molar-refractivity contribution in [2.75, 3.05) is 20.1 Å². The monoisotopic (exact) mass is 368 g/mol. The lowest BCUT2D eigenvalue weighted by Crippen LogP contribution is -2.44. The highest BCUT2D eigenvalue weighted by Gasteiger charge is 2.28. The van der Waals surface area contributed by atoms with E-state index in [1.807, 2.05) is 0 Å². The van der Waals surface area contributed by atoms with Gasteiger partial charge < -0.3 is 16.0 Å². The number of nitrogens with one attached hydrogen (secondary N) is 3. The molecule has 0 aliphatic heterocycles. The van der Waals surface area contributed by atoms with Crippen LogP contribution in [0.4, 0.5) is 0 Å². The average Bonchev–Trinajstić information content (AvgIpc) is 3.16. The van der Waals surface area contributed by atoms with Gasteiger partial charge in [0.1, 0.15) is 0 Å². The Kier molecular flexibility index (Phi) is 9.13. The Morgan fingerprint density at radius 2 is 1.94 bits per heavy atom. The summed E-state index contributed by atoms with van der Waals surface area (Å²) < 4.78 is 0. The summed E-state index contributed by atoms with van der Waals surface area (Å²) in [4.78, 5) is 15.5. The zero-order chi connectivity index (χ0) is 12.7. The lowest BCUT2D eigenvalue weighted by molar-refractivity contribution is -0.122. The van der Waals surface area contributed by atoms with Crippen LogP contribution < -0.4 is 16.0 Å². The Bertz CT molecular complexity index is 279. The number of hydrogen-bond donors (Lipinski definition) is 3. The summed E-state index contributed by atoms with van der Waals surface area (Å²) in [5.41, 5.74) is 0. The smallest absolute Gasteiger partial charge is 0.223 e. The molecule has 0 saturated heterocycles. The van der Waals surface area contributed by atoms with Gasteiger partial charge in [0.2, 0.25) is 5.91 Å². The van der Waals surface area contributed by atoms with Crippen LogP contribution >= 0.6 is 24.0 Å². The number of aliphatic imine (C=N–C) groups is 1. The zero-order valence-corrected chi connectivity index (χ0v) is 13.8. The van der Waals surface area contributed by atoms with Gasteiger partial charge in [0, 0.05) is 32.1 Å². The van der Waals surface area contributed by atoms with E-state index in [0.29, 0.717) is 19.1 Å². The lowest BCUT2D eigenvalue weighted by Gasteiger charge is -2.16. The SMILES string of the molecule is CCC(C)NC(=NC)NCCNC(=O)C1CC1.I. The first-order chi connectivity index (χ1) is 8.17. The topological polar surface area (TPSA) is 65.5 Å². The van der Waals surface area contributed by atoms with Gasteiger partial charge in [0.25, 0.3) is 0 Å². The van der Waals surface area contributed by atoms with E-state index < -0.39 is 0 Å². The van der Waals surface area contributed by atoms with Gasteiger partial charge in [-0.3, -0.25) is 9.79 Å². The van der Waals surface area contributed by atoms with Crippen LogP contribution in [0, 0.1) is 5.92 Å². The maximum atomic E-state index is 11.4. The number of rotatable bonds is 6. The van der Waals surface area contributed by atoms with E-state index in [0.717, 1.165) is 25.2 Å². The maximum absolute atomic E-state index is 11.4. The second kappa shape index (κ2) is 9.41. The molecule has 106 valence electrons. The van der Waals surface area contributed by atoms with Crippen LogP contribution in [0.2, 0.25) is 0 Å². The molecule has 6 heteroatoms. The normalized spacial score (nSPS) is 16.5. The Hall–Kier alpha value is -0.530. The molecule has 0 bridgehead atoms. The van der Waals surface area contributed by atoms with E-state index in [4.69, 9.17) is 0 Å². The Labute approximate surface area is 127 Å². The molecule has 18 heavy (non-hydrogen) atoms. The van der Waals surface area contributed by atoms with Gasteiger partial charge in [-0.25, -0.2) is 0 Å². The minimum Gasteiger partial charge on any atom is -0.355 e. The van der Waals surface area contributed by atoms with Crippen LogP contribution in [-0.4, -0.2) is 38.0 Å². The van der Waals surface area contributed by atoms with Gasteiger partial charge in [-0.15, -0.1) is 24.0 Å². The first-order valence-corrected chi connectivity index (χ1v) is 6.42. The van der Waals surface area contributed by atoms with Gasteiger partial charge in [-0.05, 0) is 26.2 Å². The Balaban J connectivity index is 0.00000289. The molecule has 1 rings (SSSR count). The molecular weight excluding hydrogens is 343 g/mol. The standard InChI is InChI=1S/C12H24N4O.HI/c1-4-9(2)16-12(13-3)15-8-7-14-11(17)10-5-6-10;/h9-10H,4-8H2,1-3H3,(H,14,17)(H2,13,15,16);1H. The molecule has 0 radical (unpaired) electrons. The van der Waals surface area contributed by atoms with Gasteiger partial charge >= 0.3 is 0 Å². The highest BCUT2D eigenvalue weighted by molar-refractivity contribution is 14.0. The molecule has 3 N–H and O–H groups in total. The highest BCUT2D eigenvalue weighted by atomic mass is 127. The Morgan fingerprint density at radius 3 is 2.44 bits per heavy atom. The summed E-state index contributed by atoms with van der Waals surface area (Å²) in [6.07, 6.45) is 3.16. The van der Waals surface area contributed by atoms with Crippen LogP contribution in [0.1, 0.15) is 33.1 Å². The minimum atomic E-state index is 0. The van der Waals surface area contributed by atoms with Crippen LogP contribution in [0.15, 0.2) is 4.99 Å². The fourth-order valence-corrected chi connectivity index (χ4v) is 1.39. The summed E-state index contributed by atoms with van der Waals surface area (Å²) in [6, 6.07) is 0.405. The molecular formula is C12H25IN4O. The number of hydrogen-bond acceptors (Lipinski definition) is 2. The van der Waals surface area contributed by atoms with E-state index in [1.54, 1.807) is 7.05 Å². The van der Waals surface area contributed by atoms with Crippen molar-refractivity contribution in [1.82, 2.24) is 16.0 Å². The Morgan fingerprint density at radius 1 is 1.33 bits per heavy atom. The van der Waals surface area contributed by atoms with Gasteiger partial charge in [0.15, 0.2) is 5.96 Å². The molecule has 0 spiro atoms. The quantitative estimate of drug-likeness (QED) is 0.285. The first kappa shape index (κ1) is 17.5. The molecule has 1 saturated carbocycles. The molecule has 0 aromatic rings. The van der Waals surface area contributed by atoms with Crippen LogP contribution in [0.25, 0.3) is 0 Å². The lowest BCUT2D eigenvalue weighted by atomic mass is 10.3. The number of carbonyl (C=O) groups is 1. The van der Waals surface area contributed by atoms with E-state index in [2.05, 4.69) is 34.8 Å². The van der Waals surface area contributed by atoms with E-state index in [1.165, 1.54) is 0 Å². The summed E-state index contributed by atoms with van der Waals surface area (Å²) in [6.45, 7) is 5.59. The third kappa shape index (κ3) is 7.03. The first-order valence-electron chi connectivity index (χ1n) is 6.42. The van der Waals surface area contributed by atoms with E-state index in [9.17, 15) is 4.79 Å². The third-order valence-corrected chi connectivity index (χ3v) is 2.88. The minimum absolute atomic E-state index is 0. The van der Waals surface area contributed by atoms with Crippen molar-refractivity contribution in [2.24, 2.45) is 10.9 Å². The third-order valence-electron chi connectivity index (χ3n) is 2.88. The second-order valence-electron chi connectivity index (χ2n) is 4.52. The molecule has 1 aliphatic rings. The van der Waals surface area contributed by atoms with Crippen LogP contribution in [0.3, 0.4) is 0 Å². The van der Waals surface area contributed by atoms with Gasteiger partial charge in [-0.1, -0.05) is 6.92 Å². The van der Waals surface area contributed by atoms with Crippen LogP contribution in [-0.2, 0) is 4.79 Å². The van der Waals surface area contributed by atoms with Crippen molar-refractivity contribution in [3.63, 3.8) is 0 Å². The molecule has 1 aliphatic carbocycles. The number of nitrogens with zero attached hydrogens (tertiary/aromatic N) is 1. The maximum Gasteiger partial charge on any atom is 0.223 e. The fourth-order valence-electron chi connectivity index (χ4n) is 1.39. The molecule has 1 amide bonds. The zero-order valence-electron chi connectivity index (χ0n) is 11.5.